The summed E-state index contributed by atoms with van der Waals surface area (Å²) in [5.74, 6) is -0.0321. The summed E-state index contributed by atoms with van der Waals surface area (Å²) < 4.78 is 11.0. The number of aromatic nitrogens is 1. The Morgan fingerprint density at radius 1 is 1.08 bits per heavy atom. The number of hydrogen-bond acceptors (Lipinski definition) is 6. The van der Waals surface area contributed by atoms with Gasteiger partial charge in [0.2, 0.25) is 5.91 Å². The Balaban J connectivity index is 1.55. The number of pyridine rings is 1. The minimum absolute atomic E-state index is 0.141. The lowest BCUT2D eigenvalue weighted by Crippen LogP contribution is -2.46. The molecule has 4 rings (SSSR count). The first-order valence-corrected chi connectivity index (χ1v) is 13.0. The minimum atomic E-state index is -0.636. The fraction of sp³-hybridized carbons (Fsp3) is 0.367. The normalized spacial score (nSPS) is 16.8. The van der Waals surface area contributed by atoms with Gasteiger partial charge in [0.15, 0.2) is 11.5 Å². The van der Waals surface area contributed by atoms with Gasteiger partial charge in [-0.05, 0) is 47.9 Å². The van der Waals surface area contributed by atoms with Crippen LogP contribution in [0, 0.1) is 0 Å². The largest absolute Gasteiger partial charge is 0.493 e. The Labute approximate surface area is 224 Å². The maximum atomic E-state index is 13.8. The first kappa shape index (κ1) is 27.1. The monoisotopic (exact) mass is 516 g/mol. The molecule has 1 aliphatic heterocycles. The Hall–Kier alpha value is -3.91. The lowest BCUT2D eigenvalue weighted by atomic mass is 9.79. The number of nitrogens with zero attached hydrogens (tertiary/aromatic N) is 3. The molecule has 2 heterocycles. The van der Waals surface area contributed by atoms with Crippen molar-refractivity contribution in [2.45, 2.75) is 31.8 Å². The molecule has 0 unspecified atom stereocenters. The van der Waals surface area contributed by atoms with E-state index in [1.54, 1.807) is 43.6 Å². The van der Waals surface area contributed by atoms with Gasteiger partial charge in [-0.1, -0.05) is 43.3 Å². The summed E-state index contributed by atoms with van der Waals surface area (Å²) in [6, 6.07) is 17.0. The third-order valence-electron chi connectivity index (χ3n) is 7.13. The number of benzene rings is 2. The van der Waals surface area contributed by atoms with Gasteiger partial charge in [-0.3, -0.25) is 19.5 Å². The van der Waals surface area contributed by atoms with Crippen LogP contribution in [0.5, 0.6) is 11.5 Å². The van der Waals surface area contributed by atoms with E-state index in [4.69, 9.17) is 9.47 Å². The van der Waals surface area contributed by atoms with Crippen molar-refractivity contribution < 1.29 is 19.1 Å². The van der Waals surface area contributed by atoms with Gasteiger partial charge >= 0.3 is 0 Å². The number of amides is 2. The van der Waals surface area contributed by atoms with E-state index in [1.165, 1.54) is 12.7 Å². The van der Waals surface area contributed by atoms with Gasteiger partial charge in [-0.15, -0.1) is 0 Å². The number of fused-ring (bicyclic) bond motifs is 1. The van der Waals surface area contributed by atoms with Crippen LogP contribution in [-0.2, 0) is 11.3 Å². The summed E-state index contributed by atoms with van der Waals surface area (Å²) >= 11 is 0. The van der Waals surface area contributed by atoms with E-state index in [0.717, 1.165) is 31.6 Å². The topological polar surface area (TPSA) is 84.0 Å². The number of carbonyl (C=O) groups excluding carboxylic acids is 2. The predicted octanol–water partition coefficient (Wildman–Crippen LogP) is 4.04. The molecule has 8 heteroatoms. The van der Waals surface area contributed by atoms with Crippen molar-refractivity contribution in [2.24, 2.45) is 0 Å². The molecule has 38 heavy (non-hydrogen) atoms. The fourth-order valence-electron chi connectivity index (χ4n) is 5.11. The van der Waals surface area contributed by atoms with Crippen molar-refractivity contribution in [3.8, 4) is 11.5 Å². The number of carbonyl (C=O) groups is 2. The van der Waals surface area contributed by atoms with Crippen LogP contribution in [0.4, 0.5) is 0 Å². The third kappa shape index (κ3) is 5.81. The van der Waals surface area contributed by atoms with Gasteiger partial charge in [0.25, 0.3) is 5.91 Å². The van der Waals surface area contributed by atoms with Crippen LogP contribution in [0.1, 0.15) is 52.4 Å². The van der Waals surface area contributed by atoms with E-state index >= 15 is 0 Å². The Morgan fingerprint density at radius 3 is 2.47 bits per heavy atom. The number of ether oxygens (including phenoxy) is 2. The van der Waals surface area contributed by atoms with Crippen LogP contribution >= 0.6 is 0 Å². The highest BCUT2D eigenvalue weighted by Crippen LogP contribution is 2.45. The maximum absolute atomic E-state index is 13.8. The highest BCUT2D eigenvalue weighted by Gasteiger charge is 2.43. The zero-order valence-corrected chi connectivity index (χ0v) is 22.5. The summed E-state index contributed by atoms with van der Waals surface area (Å²) in [6.07, 6.45) is 4.20. The van der Waals surface area contributed by atoms with Crippen molar-refractivity contribution in [1.29, 1.82) is 0 Å². The molecule has 0 bridgehead atoms. The smallest absolute Gasteiger partial charge is 0.254 e. The SMILES string of the molecule is CCN(CCCNC(=O)[C@H]1c2cc(OC)c(OC)cc2C(=O)N(C)[C@H]1c1cccnc1)Cc1ccccc1. The molecular weight excluding hydrogens is 480 g/mol. The fourth-order valence-corrected chi connectivity index (χ4v) is 5.11. The first-order chi connectivity index (χ1) is 18.5. The highest BCUT2D eigenvalue weighted by atomic mass is 16.5. The van der Waals surface area contributed by atoms with E-state index in [-0.39, 0.29) is 11.8 Å². The molecule has 0 saturated heterocycles. The average Bonchev–Trinajstić information content (AvgIpc) is 2.96. The Morgan fingerprint density at radius 2 is 1.82 bits per heavy atom. The minimum Gasteiger partial charge on any atom is -0.493 e. The molecule has 0 radical (unpaired) electrons. The van der Waals surface area contributed by atoms with Crippen LogP contribution in [0.15, 0.2) is 67.0 Å². The van der Waals surface area contributed by atoms with Crippen LogP contribution in [0.3, 0.4) is 0 Å². The molecule has 2 amide bonds. The van der Waals surface area contributed by atoms with E-state index in [1.807, 2.05) is 18.2 Å². The van der Waals surface area contributed by atoms with Crippen LogP contribution in [-0.4, -0.2) is 67.5 Å². The van der Waals surface area contributed by atoms with Gasteiger partial charge in [-0.2, -0.15) is 0 Å². The van der Waals surface area contributed by atoms with Crippen molar-refractivity contribution >= 4 is 11.8 Å². The molecule has 0 aliphatic carbocycles. The van der Waals surface area contributed by atoms with Crippen LogP contribution < -0.4 is 14.8 Å². The molecule has 2 atom stereocenters. The summed E-state index contributed by atoms with van der Waals surface area (Å²) in [5.41, 5.74) is 3.12. The van der Waals surface area contributed by atoms with Gasteiger partial charge < -0.3 is 19.7 Å². The van der Waals surface area contributed by atoms with E-state index in [9.17, 15) is 9.59 Å². The van der Waals surface area contributed by atoms with Crippen molar-refractivity contribution in [3.05, 3.63) is 89.2 Å². The zero-order chi connectivity index (χ0) is 27.1. The van der Waals surface area contributed by atoms with Crippen molar-refractivity contribution in [1.82, 2.24) is 20.1 Å². The number of rotatable bonds is 11. The molecule has 3 aromatic rings. The Kier molecular flexibility index (Phi) is 8.97. The molecule has 2 aromatic carbocycles. The van der Waals surface area contributed by atoms with Gasteiger partial charge in [0.1, 0.15) is 0 Å². The van der Waals surface area contributed by atoms with Gasteiger partial charge in [-0.25, -0.2) is 0 Å². The van der Waals surface area contributed by atoms with Crippen LogP contribution in [0.25, 0.3) is 0 Å². The van der Waals surface area contributed by atoms with Gasteiger partial charge in [0.05, 0.1) is 26.2 Å². The molecular formula is C30H36N4O4. The third-order valence-corrected chi connectivity index (χ3v) is 7.13. The number of likely N-dealkylation sites (N-methyl/N-ethyl adjacent to an activating group) is 1. The standard InChI is InChI=1S/C30H36N4O4/c1-5-34(20-21-11-7-6-8-12-21)16-10-15-32-29(35)27-23-17-25(37-3)26(38-4)18-24(23)30(36)33(2)28(27)22-13-9-14-31-19-22/h6-9,11-14,17-19,27-28H,5,10,15-16,20H2,1-4H3,(H,32,35)/t27-,28-/m0/s1. The molecule has 8 nitrogen and oxygen atoms in total. The molecule has 1 aliphatic rings. The molecule has 0 saturated carbocycles. The lowest BCUT2D eigenvalue weighted by Gasteiger charge is -2.40. The molecule has 1 N–H and O–H groups in total. The number of methoxy groups -OCH3 is 2. The zero-order valence-electron chi connectivity index (χ0n) is 22.5. The summed E-state index contributed by atoms with van der Waals surface area (Å²) in [4.78, 5) is 35.5. The summed E-state index contributed by atoms with van der Waals surface area (Å²) in [7, 11) is 4.80. The van der Waals surface area contributed by atoms with Crippen molar-refractivity contribution in [3.63, 3.8) is 0 Å². The maximum Gasteiger partial charge on any atom is 0.254 e. The molecule has 0 spiro atoms. The van der Waals surface area contributed by atoms with E-state index in [0.29, 0.717) is 29.2 Å². The predicted molar refractivity (Wildman–Crippen MR) is 146 cm³/mol. The second-order valence-corrected chi connectivity index (χ2v) is 9.42. The second kappa shape index (κ2) is 12.6. The molecule has 200 valence electrons. The summed E-state index contributed by atoms with van der Waals surface area (Å²) in [5, 5.41) is 3.14. The Bertz CT molecular complexity index is 1240. The molecule has 1 aromatic heterocycles. The quantitative estimate of drug-likeness (QED) is 0.388. The molecule has 0 fully saturated rings. The average molecular weight is 517 g/mol. The summed E-state index contributed by atoms with van der Waals surface area (Å²) in [6.45, 7) is 5.34. The van der Waals surface area contributed by atoms with Crippen LogP contribution in [0.2, 0.25) is 0 Å². The second-order valence-electron chi connectivity index (χ2n) is 9.42. The number of nitrogens with one attached hydrogen (secondary N) is 1. The van der Waals surface area contributed by atoms with Gasteiger partial charge in [0, 0.05) is 44.6 Å². The van der Waals surface area contributed by atoms with E-state index < -0.39 is 12.0 Å². The van der Waals surface area contributed by atoms with Crippen molar-refractivity contribution in [2.75, 3.05) is 40.9 Å². The first-order valence-electron chi connectivity index (χ1n) is 13.0. The lowest BCUT2D eigenvalue weighted by molar-refractivity contribution is -0.124. The van der Waals surface area contributed by atoms with E-state index in [2.05, 4.69) is 46.4 Å². The highest BCUT2D eigenvalue weighted by molar-refractivity contribution is 6.02. The number of hydrogen-bond donors (Lipinski definition) is 1.